The van der Waals surface area contributed by atoms with Crippen LogP contribution in [0.5, 0.6) is 11.5 Å². The van der Waals surface area contributed by atoms with Crippen LogP contribution in [0, 0.1) is 21.3 Å². The molecule has 0 aliphatic heterocycles. The fourth-order valence-electron chi connectivity index (χ4n) is 7.39. The first-order valence-corrected chi connectivity index (χ1v) is 18.8. The van der Waals surface area contributed by atoms with Crippen LogP contribution in [0.25, 0.3) is 0 Å². The van der Waals surface area contributed by atoms with Crippen LogP contribution in [0.3, 0.4) is 0 Å². The van der Waals surface area contributed by atoms with Crippen LogP contribution in [0.4, 0.5) is 0 Å². The van der Waals surface area contributed by atoms with Crippen molar-refractivity contribution >= 4 is 12.4 Å². The molecule has 2 atom stereocenters. The van der Waals surface area contributed by atoms with E-state index in [0.29, 0.717) is 11.5 Å². The number of aromatic hydroxyl groups is 2. The summed E-state index contributed by atoms with van der Waals surface area (Å²) in [6, 6.07) is 8.90. The number of aliphatic imine (C=N–C) groups is 2. The summed E-state index contributed by atoms with van der Waals surface area (Å²) in [6.45, 7) is 17.9. The Balaban J connectivity index is 0.00000576. The Morgan fingerprint density at radius 1 is 0.625 bits per heavy atom. The molecular formula is C43H69CoN2O2-. The Morgan fingerprint density at radius 2 is 0.938 bits per heavy atom. The number of nitrogens with zero attached hydrogens (tertiary/aromatic N) is 2. The second-order valence-corrected chi connectivity index (χ2v) is 15.0. The molecule has 48 heavy (non-hydrogen) atoms. The maximum atomic E-state index is 11.1. The summed E-state index contributed by atoms with van der Waals surface area (Å²) in [7, 11) is 0. The number of hydrogen-bond acceptors (Lipinski definition) is 4. The van der Waals surface area contributed by atoms with Gasteiger partial charge in [0.2, 0.25) is 0 Å². The molecule has 0 bridgehead atoms. The topological polar surface area (TPSA) is 65.2 Å². The van der Waals surface area contributed by atoms with Crippen molar-refractivity contribution in [2.45, 2.75) is 181 Å². The second kappa shape index (κ2) is 21.2. The smallest absolute Gasteiger partial charge is 0.127 e. The van der Waals surface area contributed by atoms with Crippen LogP contribution in [-0.4, -0.2) is 34.7 Å². The Kier molecular flexibility index (Phi) is 19.4. The van der Waals surface area contributed by atoms with E-state index < -0.39 is 0 Å². The van der Waals surface area contributed by atoms with E-state index in [1.165, 1.54) is 62.5 Å². The molecule has 1 aliphatic rings. The number of aryl methyl sites for hydroxylation is 2. The molecule has 0 spiro atoms. The summed E-state index contributed by atoms with van der Waals surface area (Å²) in [5.41, 5.74) is 6.33. The maximum Gasteiger partial charge on any atom is 0.127 e. The van der Waals surface area contributed by atoms with E-state index in [9.17, 15) is 10.2 Å². The van der Waals surface area contributed by atoms with E-state index in [4.69, 9.17) is 9.98 Å². The predicted molar refractivity (Wildman–Crippen MR) is 206 cm³/mol. The van der Waals surface area contributed by atoms with Gasteiger partial charge in [0.15, 0.2) is 0 Å². The van der Waals surface area contributed by atoms with Crippen molar-refractivity contribution in [3.8, 4) is 11.5 Å². The number of phenols is 2. The molecule has 2 N–H and O–H groups in total. The molecule has 3 rings (SSSR count). The maximum absolute atomic E-state index is 11.1. The van der Waals surface area contributed by atoms with Crippen molar-refractivity contribution in [3.05, 3.63) is 65.1 Å². The summed E-state index contributed by atoms with van der Waals surface area (Å²) in [4.78, 5) is 10.2. The zero-order valence-corrected chi connectivity index (χ0v) is 33.1. The second-order valence-electron chi connectivity index (χ2n) is 15.0. The average Bonchev–Trinajstić information content (AvgIpc) is 3.05. The summed E-state index contributed by atoms with van der Waals surface area (Å²) in [5, 5.41) is 22.2. The van der Waals surface area contributed by atoms with Crippen LogP contribution >= 0.6 is 0 Å². The summed E-state index contributed by atoms with van der Waals surface area (Å²) >= 11 is 0. The van der Waals surface area contributed by atoms with E-state index in [1.54, 1.807) is 0 Å². The predicted octanol–water partition coefficient (Wildman–Crippen LogP) is 12.3. The zero-order valence-electron chi connectivity index (χ0n) is 32.1. The Hall–Kier alpha value is -2.11. The standard InChI is InChI=1S/C42H66N2O2.CH3.Co/c1-9-13-21-41(7,22-14-10-2)35-25-31(5)39(45)33(27-35)29-43-37-19-17-18-20-38(37)44-30-34-28-36(26-32(6)40(34)46)42(8,23-15-11-3)24-16-12-4;;/h25-30,37-38,45-46H,9-24H2,1-8H3;1H3;/q;-1;/t37-,38-;;/m0../s1. The van der Waals surface area contributed by atoms with Crippen LogP contribution in [0.2, 0.25) is 0 Å². The number of unbranched alkanes of at least 4 members (excludes halogenated alkanes) is 4. The number of hydrogen-bond donors (Lipinski definition) is 2. The van der Waals surface area contributed by atoms with Gasteiger partial charge >= 0.3 is 0 Å². The average molecular weight is 705 g/mol. The first-order valence-electron chi connectivity index (χ1n) is 18.8. The van der Waals surface area contributed by atoms with E-state index >= 15 is 0 Å². The normalized spacial score (nSPS) is 17.1. The molecule has 0 heterocycles. The van der Waals surface area contributed by atoms with Crippen molar-refractivity contribution in [1.29, 1.82) is 0 Å². The van der Waals surface area contributed by atoms with E-state index in [2.05, 4.69) is 65.8 Å². The van der Waals surface area contributed by atoms with Crippen LogP contribution in [-0.2, 0) is 27.6 Å². The molecule has 0 saturated heterocycles. The minimum absolute atomic E-state index is 0. The summed E-state index contributed by atoms with van der Waals surface area (Å²) in [6.07, 6.45) is 22.3. The van der Waals surface area contributed by atoms with Crippen molar-refractivity contribution in [1.82, 2.24) is 0 Å². The Labute approximate surface area is 306 Å². The van der Waals surface area contributed by atoms with Crippen LogP contribution in [0.1, 0.15) is 178 Å². The Morgan fingerprint density at radius 3 is 1.23 bits per heavy atom. The van der Waals surface area contributed by atoms with Gasteiger partial charge in [-0.1, -0.05) is 118 Å². The minimum Gasteiger partial charge on any atom is -0.507 e. The molecule has 273 valence electrons. The van der Waals surface area contributed by atoms with Crippen molar-refractivity contribution in [2.75, 3.05) is 0 Å². The van der Waals surface area contributed by atoms with Crippen molar-refractivity contribution in [2.24, 2.45) is 9.98 Å². The largest absolute Gasteiger partial charge is 0.507 e. The van der Waals surface area contributed by atoms with Gasteiger partial charge in [0.05, 0.1) is 12.1 Å². The third kappa shape index (κ3) is 11.7. The molecule has 2 aromatic carbocycles. The van der Waals surface area contributed by atoms with Crippen LogP contribution in [0.15, 0.2) is 34.3 Å². The third-order valence-corrected chi connectivity index (χ3v) is 10.9. The van der Waals surface area contributed by atoms with Gasteiger partial charge in [0, 0.05) is 40.3 Å². The molecule has 1 saturated carbocycles. The first-order chi connectivity index (χ1) is 22.0. The SMILES string of the molecule is CCCCC(C)(CCCC)c1cc(C)c(O)c(C=N[C@H]2CCCC[C@@H]2N=Cc2cc(C(C)(CCCC)CCCC)cc(C)c2O)c1.[CH3-].[Co]. The molecule has 1 radical (unpaired) electrons. The molecule has 5 heteroatoms. The number of phenolic OH excluding ortho intramolecular Hbond substituents is 2. The molecule has 1 aliphatic carbocycles. The van der Waals surface area contributed by atoms with Gasteiger partial charge in [0.1, 0.15) is 11.5 Å². The number of benzene rings is 2. The van der Waals surface area contributed by atoms with Gasteiger partial charge in [-0.15, -0.1) is 0 Å². The van der Waals surface area contributed by atoms with E-state index in [0.717, 1.165) is 73.6 Å². The van der Waals surface area contributed by atoms with Crippen molar-refractivity contribution < 1.29 is 27.0 Å². The zero-order chi connectivity index (χ0) is 33.7. The number of rotatable bonds is 18. The molecule has 0 aromatic heterocycles. The van der Waals surface area contributed by atoms with Gasteiger partial charge in [0.25, 0.3) is 0 Å². The molecule has 1 fully saturated rings. The third-order valence-electron chi connectivity index (χ3n) is 10.9. The monoisotopic (exact) mass is 704 g/mol. The van der Waals surface area contributed by atoms with Gasteiger partial charge in [-0.25, -0.2) is 0 Å². The van der Waals surface area contributed by atoms with Gasteiger partial charge in [-0.2, -0.15) is 0 Å². The molecule has 4 nitrogen and oxygen atoms in total. The fourth-order valence-corrected chi connectivity index (χ4v) is 7.39. The molecular weight excluding hydrogens is 635 g/mol. The van der Waals surface area contributed by atoms with Crippen LogP contribution < -0.4 is 0 Å². The van der Waals surface area contributed by atoms with Gasteiger partial charge in [-0.3, -0.25) is 9.98 Å². The molecule has 0 unspecified atom stereocenters. The van der Waals surface area contributed by atoms with Gasteiger partial charge < -0.3 is 17.6 Å². The fraction of sp³-hybridized carbons (Fsp3) is 0.651. The molecule has 2 aromatic rings. The summed E-state index contributed by atoms with van der Waals surface area (Å²) < 4.78 is 0. The van der Waals surface area contributed by atoms with E-state index in [1.807, 2.05) is 26.3 Å². The van der Waals surface area contributed by atoms with Crippen molar-refractivity contribution in [3.63, 3.8) is 0 Å². The van der Waals surface area contributed by atoms with E-state index in [-0.39, 0.29) is 47.1 Å². The Bertz CT molecular complexity index is 1180. The molecule has 0 amide bonds. The summed E-state index contributed by atoms with van der Waals surface area (Å²) in [5.74, 6) is 0.672. The van der Waals surface area contributed by atoms with Gasteiger partial charge in [-0.05, 0) is 97.6 Å². The quantitative estimate of drug-likeness (QED) is 0.120. The first kappa shape index (κ1) is 43.9. The minimum atomic E-state index is 0.